The molecular formula is C13H10N2O3S2. The molecule has 0 amide bonds. The molecule has 102 valence electrons. The number of benzene rings is 1. The van der Waals surface area contributed by atoms with Gasteiger partial charge in [-0.1, -0.05) is 23.9 Å². The summed E-state index contributed by atoms with van der Waals surface area (Å²) < 4.78 is 1.86. The third-order valence-corrected chi connectivity index (χ3v) is 4.56. The second kappa shape index (κ2) is 4.84. The number of carboxylic acids is 1. The van der Waals surface area contributed by atoms with E-state index in [1.54, 1.807) is 0 Å². The Morgan fingerprint density at radius 3 is 2.80 bits per heavy atom. The minimum Gasteiger partial charge on any atom is -0.506 e. The number of aromatic nitrogens is 2. The molecule has 20 heavy (non-hydrogen) atoms. The van der Waals surface area contributed by atoms with E-state index in [0.29, 0.717) is 5.00 Å². The Bertz CT molecular complexity index is 807. The summed E-state index contributed by atoms with van der Waals surface area (Å²) in [6.45, 7) is 0. The van der Waals surface area contributed by atoms with Gasteiger partial charge in [-0.25, -0.2) is 9.78 Å². The minimum atomic E-state index is -1.13. The number of imidazole rings is 1. The number of aromatic carboxylic acids is 1. The number of carbonyl (C=O) groups is 1. The highest BCUT2D eigenvalue weighted by molar-refractivity contribution is 7.98. The van der Waals surface area contributed by atoms with Crippen LogP contribution in [-0.4, -0.2) is 32.0 Å². The lowest BCUT2D eigenvalue weighted by molar-refractivity contribution is 0.0699. The number of thioether (sulfide) groups is 1. The number of carboxylic acid groups (broad SMARTS) is 1. The van der Waals surface area contributed by atoms with Crippen molar-refractivity contribution in [1.82, 2.24) is 9.55 Å². The molecular weight excluding hydrogens is 296 g/mol. The van der Waals surface area contributed by atoms with Gasteiger partial charge >= 0.3 is 5.97 Å². The first-order valence-electron chi connectivity index (χ1n) is 5.69. The number of aromatic hydroxyl groups is 1. The van der Waals surface area contributed by atoms with E-state index in [1.807, 2.05) is 35.1 Å². The first-order valence-corrected chi connectivity index (χ1v) is 7.74. The summed E-state index contributed by atoms with van der Waals surface area (Å²) in [7, 11) is 0. The number of thiophene rings is 1. The summed E-state index contributed by atoms with van der Waals surface area (Å²) in [5.74, 6) is -1.35. The zero-order valence-corrected chi connectivity index (χ0v) is 12.0. The third kappa shape index (κ3) is 1.95. The maximum atomic E-state index is 11.0. The molecule has 0 saturated carbocycles. The summed E-state index contributed by atoms with van der Waals surface area (Å²) in [4.78, 5) is 15.5. The molecule has 0 spiro atoms. The van der Waals surface area contributed by atoms with E-state index in [-0.39, 0.29) is 10.6 Å². The van der Waals surface area contributed by atoms with Crippen LogP contribution < -0.4 is 0 Å². The van der Waals surface area contributed by atoms with Crippen molar-refractivity contribution in [3.05, 3.63) is 35.2 Å². The monoisotopic (exact) mass is 306 g/mol. The van der Waals surface area contributed by atoms with Crippen LogP contribution in [0, 0.1) is 0 Å². The van der Waals surface area contributed by atoms with E-state index in [9.17, 15) is 9.90 Å². The topological polar surface area (TPSA) is 75.3 Å². The Balaban J connectivity index is 2.28. The Morgan fingerprint density at radius 1 is 1.40 bits per heavy atom. The van der Waals surface area contributed by atoms with Gasteiger partial charge in [-0.3, -0.25) is 4.57 Å². The summed E-state index contributed by atoms with van der Waals surface area (Å²) in [6.07, 6.45) is 1.91. The molecule has 5 nitrogen and oxygen atoms in total. The van der Waals surface area contributed by atoms with Crippen LogP contribution in [0.15, 0.2) is 35.5 Å². The molecule has 2 heterocycles. The second-order valence-electron chi connectivity index (χ2n) is 4.03. The van der Waals surface area contributed by atoms with E-state index >= 15 is 0 Å². The third-order valence-electron chi connectivity index (χ3n) is 2.83. The van der Waals surface area contributed by atoms with Gasteiger partial charge < -0.3 is 10.2 Å². The van der Waals surface area contributed by atoms with Crippen molar-refractivity contribution >= 4 is 40.1 Å². The van der Waals surface area contributed by atoms with Crippen LogP contribution in [0.1, 0.15) is 9.67 Å². The van der Waals surface area contributed by atoms with Crippen molar-refractivity contribution in [2.45, 2.75) is 5.16 Å². The van der Waals surface area contributed by atoms with Gasteiger partial charge in [-0.05, 0) is 18.4 Å². The molecule has 0 unspecified atom stereocenters. The van der Waals surface area contributed by atoms with Gasteiger partial charge in [0.25, 0.3) is 0 Å². The number of rotatable bonds is 3. The highest BCUT2D eigenvalue weighted by Crippen LogP contribution is 2.35. The smallest absolute Gasteiger partial charge is 0.349 e. The van der Waals surface area contributed by atoms with Crippen LogP contribution in [0.5, 0.6) is 5.75 Å². The van der Waals surface area contributed by atoms with Crippen LogP contribution in [0.25, 0.3) is 16.0 Å². The Morgan fingerprint density at radius 2 is 2.15 bits per heavy atom. The van der Waals surface area contributed by atoms with Gasteiger partial charge in [-0.2, -0.15) is 0 Å². The van der Waals surface area contributed by atoms with E-state index in [2.05, 4.69) is 4.98 Å². The summed E-state index contributed by atoms with van der Waals surface area (Å²) in [5, 5.41) is 20.2. The van der Waals surface area contributed by atoms with Gasteiger partial charge in [0.1, 0.15) is 10.8 Å². The standard InChI is InChI=1S/C13H10N2O3S2/c1-19-13-14-7-4-2-3-5-8(7)15(13)10-6-9(16)11(20-10)12(17)18/h2-6,16H,1H3,(H,17,18). The molecule has 0 aliphatic rings. The quantitative estimate of drug-likeness (QED) is 0.727. The normalized spacial score (nSPS) is 11.1. The molecule has 0 aliphatic carbocycles. The molecule has 3 rings (SSSR count). The second-order valence-corrected chi connectivity index (χ2v) is 5.83. The summed E-state index contributed by atoms with van der Waals surface area (Å²) in [5.41, 5.74) is 1.72. The molecule has 1 aromatic carbocycles. The van der Waals surface area contributed by atoms with Gasteiger partial charge in [0, 0.05) is 6.07 Å². The van der Waals surface area contributed by atoms with Crippen molar-refractivity contribution < 1.29 is 15.0 Å². The zero-order chi connectivity index (χ0) is 14.3. The maximum absolute atomic E-state index is 11.0. The summed E-state index contributed by atoms with van der Waals surface area (Å²) in [6, 6.07) is 9.08. The van der Waals surface area contributed by atoms with Crippen molar-refractivity contribution in [3.63, 3.8) is 0 Å². The fraction of sp³-hybridized carbons (Fsp3) is 0.0769. The van der Waals surface area contributed by atoms with E-state index in [4.69, 9.17) is 5.11 Å². The Kier molecular flexibility index (Phi) is 3.15. The van der Waals surface area contributed by atoms with Crippen LogP contribution in [-0.2, 0) is 0 Å². The number of nitrogens with zero attached hydrogens (tertiary/aromatic N) is 2. The molecule has 2 aromatic heterocycles. The van der Waals surface area contributed by atoms with Crippen molar-refractivity contribution in [1.29, 1.82) is 0 Å². The molecule has 0 fully saturated rings. The highest BCUT2D eigenvalue weighted by atomic mass is 32.2. The molecule has 0 bridgehead atoms. The average molecular weight is 306 g/mol. The molecule has 7 heteroatoms. The molecule has 3 aromatic rings. The maximum Gasteiger partial charge on any atom is 0.349 e. The number of hydrogen-bond acceptors (Lipinski definition) is 5. The number of para-hydroxylation sites is 2. The molecule has 0 atom stereocenters. The lowest BCUT2D eigenvalue weighted by Crippen LogP contribution is -1.93. The number of hydrogen-bond donors (Lipinski definition) is 2. The molecule has 0 saturated heterocycles. The largest absolute Gasteiger partial charge is 0.506 e. The van der Waals surface area contributed by atoms with Gasteiger partial charge in [0.05, 0.1) is 11.0 Å². The highest BCUT2D eigenvalue weighted by Gasteiger charge is 2.19. The van der Waals surface area contributed by atoms with Crippen LogP contribution in [0.2, 0.25) is 0 Å². The van der Waals surface area contributed by atoms with Gasteiger partial charge in [0.2, 0.25) is 0 Å². The van der Waals surface area contributed by atoms with E-state index < -0.39 is 5.97 Å². The van der Waals surface area contributed by atoms with Crippen LogP contribution >= 0.6 is 23.1 Å². The van der Waals surface area contributed by atoms with Crippen molar-refractivity contribution in [2.75, 3.05) is 6.26 Å². The SMILES string of the molecule is CSc1nc2ccccc2n1-c1cc(O)c(C(=O)O)s1. The first kappa shape index (κ1) is 13.0. The Hall–Kier alpha value is -1.99. The molecule has 0 aliphatic heterocycles. The predicted molar refractivity (Wildman–Crippen MR) is 79.4 cm³/mol. The average Bonchev–Trinajstić information content (AvgIpc) is 2.98. The van der Waals surface area contributed by atoms with E-state index in [1.165, 1.54) is 17.8 Å². The minimum absolute atomic E-state index is 0.0650. The fourth-order valence-corrected chi connectivity index (χ4v) is 3.52. The number of fused-ring (bicyclic) bond motifs is 1. The van der Waals surface area contributed by atoms with Crippen molar-refractivity contribution in [2.24, 2.45) is 0 Å². The van der Waals surface area contributed by atoms with Gasteiger partial charge in [0.15, 0.2) is 10.0 Å². The predicted octanol–water partition coefficient (Wildman–Crippen LogP) is 3.21. The van der Waals surface area contributed by atoms with Crippen molar-refractivity contribution in [3.8, 4) is 10.8 Å². The lowest BCUT2D eigenvalue weighted by atomic mass is 10.3. The lowest BCUT2D eigenvalue weighted by Gasteiger charge is -2.03. The van der Waals surface area contributed by atoms with E-state index in [0.717, 1.165) is 27.5 Å². The van der Waals surface area contributed by atoms with Gasteiger partial charge in [-0.15, -0.1) is 11.3 Å². The Labute approximate surface area is 122 Å². The zero-order valence-electron chi connectivity index (χ0n) is 10.4. The molecule has 0 radical (unpaired) electrons. The summed E-state index contributed by atoms with van der Waals surface area (Å²) >= 11 is 2.50. The fourth-order valence-electron chi connectivity index (χ4n) is 1.99. The van der Waals surface area contributed by atoms with Crippen LogP contribution in [0.3, 0.4) is 0 Å². The van der Waals surface area contributed by atoms with Crippen LogP contribution in [0.4, 0.5) is 0 Å². The molecule has 2 N–H and O–H groups in total. The first-order chi connectivity index (χ1) is 9.61.